The Morgan fingerprint density at radius 2 is 2.05 bits per heavy atom. The summed E-state index contributed by atoms with van der Waals surface area (Å²) in [6.45, 7) is 3.90. The van der Waals surface area contributed by atoms with Crippen LogP contribution in [0, 0.1) is 0 Å². The van der Waals surface area contributed by atoms with Gasteiger partial charge in [-0.25, -0.2) is 0 Å². The zero-order valence-electron chi connectivity index (χ0n) is 11.4. The second-order valence-corrected chi connectivity index (χ2v) is 5.38. The third kappa shape index (κ3) is 3.39. The Kier molecular flexibility index (Phi) is 4.44. The first kappa shape index (κ1) is 14.6. The lowest BCUT2D eigenvalue weighted by Crippen LogP contribution is -2.12. The molecular weight excluding hydrogens is 324 g/mol. The van der Waals surface area contributed by atoms with Crippen molar-refractivity contribution >= 4 is 15.9 Å². The average Bonchev–Trinajstić information content (AvgIpc) is 2.40. The van der Waals surface area contributed by atoms with Gasteiger partial charge in [0.05, 0.1) is 17.6 Å². The van der Waals surface area contributed by atoms with Gasteiger partial charge in [0.25, 0.3) is 5.56 Å². The SMILES string of the molecule is COc1ccc(Oc2cc(=O)[nH]c(C(C)C)n2)c(Br)c1. The molecule has 1 aromatic carbocycles. The molecule has 1 N–H and O–H groups in total. The van der Waals surface area contributed by atoms with Crippen molar-refractivity contribution in [2.24, 2.45) is 0 Å². The Balaban J connectivity index is 2.32. The van der Waals surface area contributed by atoms with Crippen LogP contribution in [-0.4, -0.2) is 17.1 Å². The third-order valence-corrected chi connectivity index (χ3v) is 3.26. The first-order valence-corrected chi connectivity index (χ1v) is 6.91. The van der Waals surface area contributed by atoms with Gasteiger partial charge in [0, 0.05) is 5.92 Å². The summed E-state index contributed by atoms with van der Waals surface area (Å²) >= 11 is 3.39. The van der Waals surface area contributed by atoms with E-state index in [0.717, 1.165) is 4.47 Å². The number of H-pyrrole nitrogens is 1. The maximum absolute atomic E-state index is 11.6. The number of hydrogen-bond donors (Lipinski definition) is 1. The van der Waals surface area contributed by atoms with Gasteiger partial charge in [-0.2, -0.15) is 4.98 Å². The molecule has 0 saturated carbocycles. The van der Waals surface area contributed by atoms with Gasteiger partial charge < -0.3 is 14.5 Å². The Morgan fingerprint density at radius 1 is 1.30 bits per heavy atom. The van der Waals surface area contributed by atoms with Crippen LogP contribution in [0.15, 0.2) is 33.5 Å². The van der Waals surface area contributed by atoms with Gasteiger partial charge in [0.15, 0.2) is 0 Å². The minimum atomic E-state index is -0.233. The third-order valence-electron chi connectivity index (χ3n) is 2.64. The molecule has 5 nitrogen and oxygen atoms in total. The Labute approximate surface area is 125 Å². The molecule has 0 aliphatic carbocycles. The molecule has 1 heterocycles. The first-order valence-electron chi connectivity index (χ1n) is 6.12. The van der Waals surface area contributed by atoms with Crippen molar-refractivity contribution in [2.75, 3.05) is 7.11 Å². The van der Waals surface area contributed by atoms with E-state index in [4.69, 9.17) is 9.47 Å². The van der Waals surface area contributed by atoms with Crippen LogP contribution in [0.4, 0.5) is 0 Å². The average molecular weight is 339 g/mol. The minimum absolute atomic E-state index is 0.116. The number of aromatic nitrogens is 2. The molecule has 0 unspecified atom stereocenters. The highest BCUT2D eigenvalue weighted by Crippen LogP contribution is 2.31. The fraction of sp³-hybridized carbons (Fsp3) is 0.286. The molecular formula is C14H15BrN2O3. The number of hydrogen-bond acceptors (Lipinski definition) is 4. The topological polar surface area (TPSA) is 64.2 Å². The van der Waals surface area contributed by atoms with Crippen molar-refractivity contribution in [3.05, 3.63) is 44.9 Å². The fourth-order valence-corrected chi connectivity index (χ4v) is 2.02. The normalized spacial score (nSPS) is 10.7. The van der Waals surface area contributed by atoms with Crippen LogP contribution in [-0.2, 0) is 0 Å². The summed E-state index contributed by atoms with van der Waals surface area (Å²) < 4.78 is 11.5. The second kappa shape index (κ2) is 6.09. The van der Waals surface area contributed by atoms with Crippen molar-refractivity contribution in [1.29, 1.82) is 0 Å². The van der Waals surface area contributed by atoms with Crippen molar-refractivity contribution in [1.82, 2.24) is 9.97 Å². The number of aromatic amines is 1. The molecule has 0 radical (unpaired) electrons. The summed E-state index contributed by atoms with van der Waals surface area (Å²) in [7, 11) is 1.59. The van der Waals surface area contributed by atoms with E-state index >= 15 is 0 Å². The van der Waals surface area contributed by atoms with Crippen molar-refractivity contribution < 1.29 is 9.47 Å². The number of methoxy groups -OCH3 is 1. The highest BCUT2D eigenvalue weighted by molar-refractivity contribution is 9.10. The van der Waals surface area contributed by atoms with E-state index in [1.54, 1.807) is 25.3 Å². The van der Waals surface area contributed by atoms with Crippen molar-refractivity contribution in [3.63, 3.8) is 0 Å². The van der Waals surface area contributed by atoms with E-state index in [1.807, 2.05) is 13.8 Å². The van der Waals surface area contributed by atoms with E-state index in [1.165, 1.54) is 6.07 Å². The number of halogens is 1. The van der Waals surface area contributed by atoms with Crippen molar-refractivity contribution in [3.8, 4) is 17.4 Å². The van der Waals surface area contributed by atoms with Crippen LogP contribution in [0.3, 0.4) is 0 Å². The van der Waals surface area contributed by atoms with Crippen LogP contribution < -0.4 is 15.0 Å². The number of nitrogens with one attached hydrogen (secondary N) is 1. The zero-order valence-corrected chi connectivity index (χ0v) is 13.0. The molecule has 0 amide bonds. The largest absolute Gasteiger partial charge is 0.497 e. The van der Waals surface area contributed by atoms with Gasteiger partial charge in [-0.15, -0.1) is 0 Å². The number of nitrogens with zero attached hydrogens (tertiary/aromatic N) is 1. The van der Waals surface area contributed by atoms with E-state index in [-0.39, 0.29) is 17.4 Å². The molecule has 6 heteroatoms. The monoisotopic (exact) mass is 338 g/mol. The predicted molar refractivity (Wildman–Crippen MR) is 79.7 cm³/mol. The molecule has 0 saturated heterocycles. The van der Waals surface area contributed by atoms with Gasteiger partial charge in [-0.3, -0.25) is 4.79 Å². The maximum atomic E-state index is 11.6. The number of ether oxygens (including phenoxy) is 2. The van der Waals surface area contributed by atoms with Crippen molar-refractivity contribution in [2.45, 2.75) is 19.8 Å². The lowest BCUT2D eigenvalue weighted by atomic mass is 10.2. The molecule has 2 rings (SSSR count). The fourth-order valence-electron chi connectivity index (χ4n) is 1.58. The number of rotatable bonds is 4. The molecule has 0 aliphatic heterocycles. The number of benzene rings is 1. The summed E-state index contributed by atoms with van der Waals surface area (Å²) in [6, 6.07) is 6.63. The molecule has 106 valence electrons. The lowest BCUT2D eigenvalue weighted by molar-refractivity contribution is 0.411. The standard InChI is InChI=1S/C14H15BrN2O3/c1-8(2)14-16-12(18)7-13(17-14)20-11-5-4-9(19-3)6-10(11)15/h4-8H,1-3H3,(H,16,17,18). The van der Waals surface area contributed by atoms with Crippen LogP contribution in [0.5, 0.6) is 17.4 Å². The maximum Gasteiger partial charge on any atom is 0.254 e. The molecule has 0 bridgehead atoms. The van der Waals surface area contributed by atoms with Gasteiger partial charge in [-0.05, 0) is 34.1 Å². The quantitative estimate of drug-likeness (QED) is 0.927. The summed E-state index contributed by atoms with van der Waals surface area (Å²) in [4.78, 5) is 18.6. The van der Waals surface area contributed by atoms with Crippen LogP contribution in [0.1, 0.15) is 25.6 Å². The summed E-state index contributed by atoms with van der Waals surface area (Å²) in [5, 5.41) is 0. The zero-order chi connectivity index (χ0) is 14.7. The second-order valence-electron chi connectivity index (χ2n) is 4.52. The van der Waals surface area contributed by atoms with E-state index in [0.29, 0.717) is 17.3 Å². The summed E-state index contributed by atoms with van der Waals surface area (Å²) in [5.74, 6) is 2.26. The lowest BCUT2D eigenvalue weighted by Gasteiger charge is -2.10. The molecule has 20 heavy (non-hydrogen) atoms. The molecule has 0 spiro atoms. The van der Waals surface area contributed by atoms with E-state index < -0.39 is 0 Å². The highest BCUT2D eigenvalue weighted by atomic mass is 79.9. The van der Waals surface area contributed by atoms with Gasteiger partial charge in [0.2, 0.25) is 5.88 Å². The molecule has 0 aliphatic rings. The summed E-state index contributed by atoms with van der Waals surface area (Å²) in [5.41, 5.74) is -0.233. The molecule has 0 atom stereocenters. The Bertz CT molecular complexity index is 668. The first-order chi connectivity index (χ1) is 9.49. The van der Waals surface area contributed by atoms with Gasteiger partial charge >= 0.3 is 0 Å². The molecule has 2 aromatic rings. The minimum Gasteiger partial charge on any atom is -0.497 e. The van der Waals surface area contributed by atoms with E-state index in [9.17, 15) is 4.79 Å². The highest BCUT2D eigenvalue weighted by Gasteiger charge is 2.09. The van der Waals surface area contributed by atoms with Crippen LogP contribution in [0.25, 0.3) is 0 Å². The van der Waals surface area contributed by atoms with Gasteiger partial charge in [-0.1, -0.05) is 13.8 Å². The molecule has 0 fully saturated rings. The smallest absolute Gasteiger partial charge is 0.254 e. The summed E-state index contributed by atoms with van der Waals surface area (Å²) in [6.07, 6.45) is 0. The van der Waals surface area contributed by atoms with Crippen LogP contribution >= 0.6 is 15.9 Å². The van der Waals surface area contributed by atoms with E-state index in [2.05, 4.69) is 25.9 Å². The van der Waals surface area contributed by atoms with Crippen LogP contribution in [0.2, 0.25) is 0 Å². The Morgan fingerprint density at radius 3 is 2.65 bits per heavy atom. The Hall–Kier alpha value is -1.82. The molecule has 1 aromatic heterocycles. The van der Waals surface area contributed by atoms with Gasteiger partial charge in [0.1, 0.15) is 17.3 Å². The predicted octanol–water partition coefficient (Wildman–Crippen LogP) is 3.46.